The number of benzene rings is 1. The summed E-state index contributed by atoms with van der Waals surface area (Å²) in [6.45, 7) is 0.511. The van der Waals surface area contributed by atoms with Crippen molar-refractivity contribution in [2.24, 2.45) is 0 Å². The number of hydrogen-bond acceptors (Lipinski definition) is 5. The van der Waals surface area contributed by atoms with Crippen LogP contribution in [0.15, 0.2) is 36.5 Å². The number of methoxy groups -OCH3 is 1. The van der Waals surface area contributed by atoms with Crippen molar-refractivity contribution in [1.29, 1.82) is 0 Å². The molecule has 2 heterocycles. The summed E-state index contributed by atoms with van der Waals surface area (Å²) in [5.74, 6) is 0.0326. The van der Waals surface area contributed by atoms with E-state index in [4.69, 9.17) is 9.47 Å². The molecule has 29 heavy (non-hydrogen) atoms. The van der Waals surface area contributed by atoms with Gasteiger partial charge in [0.25, 0.3) is 5.91 Å². The lowest BCUT2D eigenvalue weighted by Gasteiger charge is -2.12. The van der Waals surface area contributed by atoms with Crippen molar-refractivity contribution in [2.75, 3.05) is 7.11 Å². The number of fused-ring (bicyclic) bond motifs is 1. The molecule has 0 atom stereocenters. The smallest absolute Gasteiger partial charge is 0.262 e. The van der Waals surface area contributed by atoms with E-state index in [9.17, 15) is 9.18 Å². The number of rotatable bonds is 7. The van der Waals surface area contributed by atoms with Crippen molar-refractivity contribution in [3.8, 4) is 5.88 Å². The molecule has 1 fully saturated rings. The zero-order valence-corrected chi connectivity index (χ0v) is 17.1. The van der Waals surface area contributed by atoms with Crippen LogP contribution in [-0.4, -0.2) is 24.1 Å². The number of halogens is 1. The lowest BCUT2D eigenvalue weighted by molar-refractivity contribution is 0.0950. The van der Waals surface area contributed by atoms with E-state index in [0.717, 1.165) is 23.1 Å². The van der Waals surface area contributed by atoms with E-state index in [1.54, 1.807) is 12.3 Å². The summed E-state index contributed by atoms with van der Waals surface area (Å²) >= 11 is 1.27. The van der Waals surface area contributed by atoms with Gasteiger partial charge in [0.1, 0.15) is 11.9 Å². The molecule has 0 unspecified atom stereocenters. The van der Waals surface area contributed by atoms with Gasteiger partial charge in [-0.15, -0.1) is 11.3 Å². The molecule has 7 heteroatoms. The topological polar surface area (TPSA) is 60.5 Å². The van der Waals surface area contributed by atoms with Gasteiger partial charge >= 0.3 is 0 Å². The SMILES string of the molecule is COCc1c(C(=O)NCc2ccc(OC3CCCC3)nc2)sc2cccc(F)c12. The normalized spacial score (nSPS) is 14.4. The summed E-state index contributed by atoms with van der Waals surface area (Å²) in [6.07, 6.45) is 6.56. The quantitative estimate of drug-likeness (QED) is 0.601. The molecular weight excluding hydrogens is 391 g/mol. The van der Waals surface area contributed by atoms with Gasteiger partial charge < -0.3 is 14.8 Å². The van der Waals surface area contributed by atoms with Gasteiger partial charge in [-0.2, -0.15) is 0 Å². The minimum Gasteiger partial charge on any atom is -0.474 e. The minimum atomic E-state index is -0.341. The Balaban J connectivity index is 1.44. The fraction of sp³-hybridized carbons (Fsp3) is 0.364. The third-order valence-electron chi connectivity index (χ3n) is 5.10. The molecule has 1 aliphatic carbocycles. The highest BCUT2D eigenvalue weighted by Crippen LogP contribution is 2.33. The van der Waals surface area contributed by atoms with Gasteiger partial charge in [-0.05, 0) is 43.4 Å². The highest BCUT2D eigenvalue weighted by atomic mass is 32.1. The summed E-state index contributed by atoms with van der Waals surface area (Å²) in [4.78, 5) is 17.6. The summed E-state index contributed by atoms with van der Waals surface area (Å²) in [7, 11) is 1.53. The summed E-state index contributed by atoms with van der Waals surface area (Å²) in [6, 6.07) is 8.60. The third-order valence-corrected chi connectivity index (χ3v) is 6.29. The molecular formula is C22H23FN2O3S. The number of pyridine rings is 1. The van der Waals surface area contributed by atoms with Crippen LogP contribution in [0.3, 0.4) is 0 Å². The molecule has 1 saturated carbocycles. The first kappa shape index (κ1) is 19.8. The number of thiophene rings is 1. The Hall–Kier alpha value is -2.51. The number of aromatic nitrogens is 1. The number of nitrogens with one attached hydrogen (secondary N) is 1. The van der Waals surface area contributed by atoms with Crippen molar-refractivity contribution in [3.63, 3.8) is 0 Å². The van der Waals surface area contributed by atoms with E-state index in [-0.39, 0.29) is 24.4 Å². The monoisotopic (exact) mass is 414 g/mol. The fourth-order valence-corrected chi connectivity index (χ4v) is 4.80. The van der Waals surface area contributed by atoms with Crippen LogP contribution in [0, 0.1) is 5.82 Å². The number of carbonyl (C=O) groups excluding carboxylic acids is 1. The first-order valence-corrected chi connectivity index (χ1v) is 10.6. The van der Waals surface area contributed by atoms with Crippen LogP contribution in [-0.2, 0) is 17.9 Å². The van der Waals surface area contributed by atoms with Crippen LogP contribution in [0.2, 0.25) is 0 Å². The van der Waals surface area contributed by atoms with Gasteiger partial charge in [-0.3, -0.25) is 4.79 Å². The Morgan fingerprint density at radius 1 is 1.28 bits per heavy atom. The average Bonchev–Trinajstić information content (AvgIpc) is 3.36. The van der Waals surface area contributed by atoms with Gasteiger partial charge in [0.2, 0.25) is 5.88 Å². The van der Waals surface area contributed by atoms with Crippen molar-refractivity contribution >= 4 is 27.3 Å². The molecule has 4 rings (SSSR count). The summed E-state index contributed by atoms with van der Waals surface area (Å²) in [5, 5.41) is 3.36. The maximum atomic E-state index is 14.3. The Labute approximate surface area is 172 Å². The molecule has 0 saturated heterocycles. The Morgan fingerprint density at radius 2 is 2.10 bits per heavy atom. The van der Waals surface area contributed by atoms with Crippen LogP contribution in [0.4, 0.5) is 4.39 Å². The zero-order chi connectivity index (χ0) is 20.2. The van der Waals surface area contributed by atoms with Gasteiger partial charge in [0.15, 0.2) is 0 Å². The summed E-state index contributed by atoms with van der Waals surface area (Å²) < 4.78 is 26.1. The first-order chi connectivity index (χ1) is 14.2. The molecule has 1 aliphatic rings. The first-order valence-electron chi connectivity index (χ1n) is 9.74. The molecule has 1 aromatic carbocycles. The number of nitrogens with zero attached hydrogens (tertiary/aromatic N) is 1. The molecule has 1 amide bonds. The van der Waals surface area contributed by atoms with Gasteiger partial charge in [0.05, 0.1) is 11.5 Å². The van der Waals surface area contributed by atoms with E-state index in [1.165, 1.54) is 37.4 Å². The average molecular weight is 415 g/mol. The number of carbonyl (C=O) groups is 1. The Kier molecular flexibility index (Phi) is 6.06. The molecule has 3 aromatic rings. The number of hydrogen-bond donors (Lipinski definition) is 1. The molecule has 0 bridgehead atoms. The van der Waals surface area contributed by atoms with E-state index in [1.807, 2.05) is 18.2 Å². The molecule has 0 radical (unpaired) electrons. The molecule has 0 spiro atoms. The molecule has 152 valence electrons. The number of amides is 1. The Morgan fingerprint density at radius 3 is 2.83 bits per heavy atom. The third kappa shape index (κ3) is 4.41. The largest absolute Gasteiger partial charge is 0.474 e. The van der Waals surface area contributed by atoms with Crippen LogP contribution in [0.25, 0.3) is 10.1 Å². The van der Waals surface area contributed by atoms with Crippen LogP contribution in [0.1, 0.15) is 46.5 Å². The lowest BCUT2D eigenvalue weighted by Crippen LogP contribution is -2.23. The predicted octanol–water partition coefficient (Wildman–Crippen LogP) is 4.83. The predicted molar refractivity (Wildman–Crippen MR) is 111 cm³/mol. The number of ether oxygens (including phenoxy) is 2. The highest BCUT2D eigenvalue weighted by molar-refractivity contribution is 7.21. The molecule has 0 aliphatic heterocycles. The maximum Gasteiger partial charge on any atom is 0.262 e. The van der Waals surface area contributed by atoms with Crippen LogP contribution < -0.4 is 10.1 Å². The summed E-state index contributed by atoms with van der Waals surface area (Å²) in [5.41, 5.74) is 1.46. The highest BCUT2D eigenvalue weighted by Gasteiger charge is 2.21. The zero-order valence-electron chi connectivity index (χ0n) is 16.2. The van der Waals surface area contributed by atoms with Crippen LogP contribution in [0.5, 0.6) is 5.88 Å². The van der Waals surface area contributed by atoms with Crippen LogP contribution >= 0.6 is 11.3 Å². The van der Waals surface area contributed by atoms with Gasteiger partial charge in [-0.25, -0.2) is 9.37 Å². The second kappa shape index (κ2) is 8.88. The van der Waals surface area contributed by atoms with Crippen molar-refractivity contribution < 1.29 is 18.7 Å². The van der Waals surface area contributed by atoms with Crippen molar-refractivity contribution in [3.05, 3.63) is 58.3 Å². The van der Waals surface area contributed by atoms with E-state index in [2.05, 4.69) is 10.3 Å². The van der Waals surface area contributed by atoms with Crippen molar-refractivity contribution in [2.45, 2.75) is 44.9 Å². The maximum absolute atomic E-state index is 14.3. The Bertz CT molecular complexity index is 997. The molecule has 5 nitrogen and oxygen atoms in total. The van der Waals surface area contributed by atoms with E-state index in [0.29, 0.717) is 28.3 Å². The minimum absolute atomic E-state index is 0.179. The second-order valence-electron chi connectivity index (χ2n) is 7.17. The standard InChI is InChI=1S/C22H23FN2O3S/c1-27-13-16-20-17(23)7-4-8-18(20)29-21(16)22(26)25-12-14-9-10-19(24-11-14)28-15-5-2-3-6-15/h4,7-11,15H,2-3,5-6,12-13H2,1H3,(H,25,26). The van der Waals surface area contributed by atoms with Gasteiger partial charge in [0, 0.05) is 41.6 Å². The van der Waals surface area contributed by atoms with Crippen molar-refractivity contribution in [1.82, 2.24) is 10.3 Å². The molecule has 1 N–H and O–H groups in total. The van der Waals surface area contributed by atoms with E-state index >= 15 is 0 Å². The second-order valence-corrected chi connectivity index (χ2v) is 8.22. The lowest BCUT2D eigenvalue weighted by atomic mass is 10.1. The fourth-order valence-electron chi connectivity index (χ4n) is 3.66. The molecule has 2 aromatic heterocycles. The van der Waals surface area contributed by atoms with Gasteiger partial charge in [-0.1, -0.05) is 12.1 Å². The van der Waals surface area contributed by atoms with E-state index < -0.39 is 0 Å².